The minimum absolute atomic E-state index is 0.0599. The van der Waals surface area contributed by atoms with Crippen LogP contribution in [-0.4, -0.2) is 23.4 Å². The normalized spacial score (nSPS) is 19.9. The summed E-state index contributed by atoms with van der Waals surface area (Å²) in [5.41, 5.74) is 1.21. The highest BCUT2D eigenvalue weighted by Gasteiger charge is 2.19. The van der Waals surface area contributed by atoms with Gasteiger partial charge >= 0.3 is 0 Å². The molecule has 0 aromatic carbocycles. The summed E-state index contributed by atoms with van der Waals surface area (Å²) in [6, 6.07) is 4.05. The van der Waals surface area contributed by atoms with Crippen molar-refractivity contribution in [1.29, 1.82) is 0 Å². The number of aryl methyl sites for hydroxylation is 1. The Balaban J connectivity index is 1.72. The fourth-order valence-corrected chi connectivity index (χ4v) is 2.04. The van der Waals surface area contributed by atoms with Crippen LogP contribution in [0.15, 0.2) is 36.7 Å². The number of aromatic nitrogens is 1. The number of carbonyl (C=O) groups excluding carboxylic acids is 1. The lowest BCUT2D eigenvalue weighted by Gasteiger charge is -2.03. The number of nitrogens with one attached hydrogen (secondary N) is 1. The van der Waals surface area contributed by atoms with Crippen molar-refractivity contribution >= 4 is 5.78 Å². The maximum atomic E-state index is 11.7. The summed E-state index contributed by atoms with van der Waals surface area (Å²) in [5, 5.41) is 3.20. The molecule has 1 atom stereocenters. The molecule has 1 unspecified atom stereocenters. The van der Waals surface area contributed by atoms with E-state index >= 15 is 0 Å². The highest BCUT2D eigenvalue weighted by Crippen LogP contribution is 2.07. The summed E-state index contributed by atoms with van der Waals surface area (Å²) in [7, 11) is 0. The smallest absolute Gasteiger partial charge is 0.172 e. The molecule has 0 saturated carbocycles. The van der Waals surface area contributed by atoms with Gasteiger partial charge in [0.25, 0.3) is 0 Å². The van der Waals surface area contributed by atoms with E-state index < -0.39 is 0 Å². The van der Waals surface area contributed by atoms with Gasteiger partial charge < -0.3 is 5.32 Å². The minimum Gasteiger partial charge on any atom is -0.307 e. The molecule has 1 aliphatic rings. The Labute approximate surface area is 102 Å². The van der Waals surface area contributed by atoms with E-state index in [1.807, 2.05) is 18.3 Å². The zero-order chi connectivity index (χ0) is 11.9. The van der Waals surface area contributed by atoms with E-state index in [0.717, 1.165) is 32.2 Å². The molecule has 1 N–H and O–H groups in total. The molecule has 0 aliphatic carbocycles. The van der Waals surface area contributed by atoms with Gasteiger partial charge in [-0.15, -0.1) is 0 Å². The van der Waals surface area contributed by atoms with Gasteiger partial charge in [0.15, 0.2) is 5.78 Å². The maximum absolute atomic E-state index is 11.7. The lowest BCUT2D eigenvalue weighted by atomic mass is 10.1. The summed E-state index contributed by atoms with van der Waals surface area (Å²) >= 11 is 0. The van der Waals surface area contributed by atoms with Crippen LogP contribution in [0.25, 0.3) is 0 Å². The van der Waals surface area contributed by atoms with Crippen molar-refractivity contribution in [2.75, 3.05) is 6.54 Å². The molecule has 1 aliphatic heterocycles. The molecule has 0 radical (unpaired) electrons. The summed E-state index contributed by atoms with van der Waals surface area (Å²) in [4.78, 5) is 15.8. The number of hydrogen-bond acceptors (Lipinski definition) is 3. The third-order valence-electron chi connectivity index (χ3n) is 3.01. The van der Waals surface area contributed by atoms with Crippen LogP contribution in [0.3, 0.4) is 0 Å². The van der Waals surface area contributed by atoms with Crippen LogP contribution >= 0.6 is 0 Å². The summed E-state index contributed by atoms with van der Waals surface area (Å²) in [6.07, 6.45) is 11.3. The van der Waals surface area contributed by atoms with Crippen LogP contribution < -0.4 is 5.32 Å². The Bertz CT molecular complexity index is 380. The summed E-state index contributed by atoms with van der Waals surface area (Å²) < 4.78 is 0. The van der Waals surface area contributed by atoms with Crippen molar-refractivity contribution in [2.45, 2.75) is 31.7 Å². The molecule has 2 heterocycles. The number of nitrogens with zero attached hydrogens (tertiary/aromatic N) is 1. The standard InChI is InChI=1S/C14H18N2O/c17-14(13-7-4-10-16-13)8-2-1-5-12-6-3-9-15-11-12/h2-3,6,8-9,11,13,16H,1,4-5,7,10H2. The predicted molar refractivity (Wildman–Crippen MR) is 67.7 cm³/mol. The monoisotopic (exact) mass is 230 g/mol. The van der Waals surface area contributed by atoms with E-state index in [4.69, 9.17) is 0 Å². The van der Waals surface area contributed by atoms with Crippen LogP contribution in [-0.2, 0) is 11.2 Å². The summed E-state index contributed by atoms with van der Waals surface area (Å²) in [6.45, 7) is 0.972. The van der Waals surface area contributed by atoms with Crippen molar-refractivity contribution < 1.29 is 4.79 Å². The maximum Gasteiger partial charge on any atom is 0.172 e. The van der Waals surface area contributed by atoms with Gasteiger partial charge in [0.05, 0.1) is 6.04 Å². The van der Waals surface area contributed by atoms with Crippen LogP contribution in [0.4, 0.5) is 0 Å². The fourth-order valence-electron chi connectivity index (χ4n) is 2.04. The first-order valence-corrected chi connectivity index (χ1v) is 6.19. The molecule has 0 bridgehead atoms. The number of rotatable bonds is 5. The number of hydrogen-bond donors (Lipinski definition) is 1. The fraction of sp³-hybridized carbons (Fsp3) is 0.429. The molecule has 1 aromatic rings. The quantitative estimate of drug-likeness (QED) is 0.785. The Morgan fingerprint density at radius 2 is 2.53 bits per heavy atom. The van der Waals surface area contributed by atoms with Gasteiger partial charge in [-0.1, -0.05) is 12.1 Å². The molecule has 17 heavy (non-hydrogen) atoms. The van der Waals surface area contributed by atoms with Gasteiger partial charge in [-0.05, 0) is 49.9 Å². The third kappa shape index (κ3) is 3.79. The molecular weight excluding hydrogens is 212 g/mol. The highest BCUT2D eigenvalue weighted by atomic mass is 16.1. The van der Waals surface area contributed by atoms with E-state index in [0.29, 0.717) is 0 Å². The molecular formula is C14H18N2O. The lowest BCUT2D eigenvalue weighted by Crippen LogP contribution is -2.29. The van der Waals surface area contributed by atoms with Gasteiger partial charge in [0.2, 0.25) is 0 Å². The van der Waals surface area contributed by atoms with Crippen molar-refractivity contribution in [2.24, 2.45) is 0 Å². The van der Waals surface area contributed by atoms with Crippen molar-refractivity contribution in [3.8, 4) is 0 Å². The van der Waals surface area contributed by atoms with Crippen LogP contribution in [0.5, 0.6) is 0 Å². The molecule has 90 valence electrons. The first-order chi connectivity index (χ1) is 8.36. The largest absolute Gasteiger partial charge is 0.307 e. The molecule has 1 saturated heterocycles. The Kier molecular flexibility index (Phi) is 4.45. The van der Waals surface area contributed by atoms with Gasteiger partial charge in [-0.25, -0.2) is 0 Å². The second-order valence-electron chi connectivity index (χ2n) is 4.35. The molecule has 0 spiro atoms. The molecule has 2 rings (SSSR count). The van der Waals surface area contributed by atoms with E-state index in [-0.39, 0.29) is 11.8 Å². The number of carbonyl (C=O) groups is 1. The van der Waals surface area contributed by atoms with Crippen LogP contribution in [0.1, 0.15) is 24.8 Å². The van der Waals surface area contributed by atoms with E-state index in [1.54, 1.807) is 12.3 Å². The lowest BCUT2D eigenvalue weighted by molar-refractivity contribution is -0.116. The Morgan fingerprint density at radius 3 is 3.24 bits per heavy atom. The van der Waals surface area contributed by atoms with Gasteiger partial charge in [-0.3, -0.25) is 9.78 Å². The summed E-state index contributed by atoms with van der Waals surface area (Å²) in [5.74, 6) is 0.216. The average molecular weight is 230 g/mol. The first-order valence-electron chi connectivity index (χ1n) is 6.19. The zero-order valence-corrected chi connectivity index (χ0v) is 9.93. The Morgan fingerprint density at radius 1 is 1.59 bits per heavy atom. The second kappa shape index (κ2) is 6.30. The molecule has 1 fully saturated rings. The SMILES string of the molecule is O=C(C=CCCc1cccnc1)C1CCCN1. The van der Waals surface area contributed by atoms with Crippen LogP contribution in [0.2, 0.25) is 0 Å². The first kappa shape index (κ1) is 12.0. The van der Waals surface area contributed by atoms with Gasteiger partial charge in [-0.2, -0.15) is 0 Å². The molecule has 3 nitrogen and oxygen atoms in total. The average Bonchev–Trinajstić information content (AvgIpc) is 2.89. The minimum atomic E-state index is 0.0599. The number of ketones is 1. The van der Waals surface area contributed by atoms with E-state index in [2.05, 4.69) is 16.4 Å². The number of allylic oxidation sites excluding steroid dienone is 1. The van der Waals surface area contributed by atoms with Crippen molar-refractivity contribution in [1.82, 2.24) is 10.3 Å². The molecule has 1 aromatic heterocycles. The molecule has 3 heteroatoms. The van der Waals surface area contributed by atoms with Crippen molar-refractivity contribution in [3.05, 3.63) is 42.2 Å². The van der Waals surface area contributed by atoms with Crippen LogP contribution in [0, 0.1) is 0 Å². The predicted octanol–water partition coefficient (Wildman–Crippen LogP) is 1.89. The van der Waals surface area contributed by atoms with E-state index in [9.17, 15) is 4.79 Å². The van der Waals surface area contributed by atoms with E-state index in [1.165, 1.54) is 5.56 Å². The third-order valence-corrected chi connectivity index (χ3v) is 3.01. The topological polar surface area (TPSA) is 42.0 Å². The second-order valence-corrected chi connectivity index (χ2v) is 4.35. The van der Waals surface area contributed by atoms with Crippen molar-refractivity contribution in [3.63, 3.8) is 0 Å². The zero-order valence-electron chi connectivity index (χ0n) is 9.93. The number of pyridine rings is 1. The van der Waals surface area contributed by atoms with Gasteiger partial charge in [0, 0.05) is 12.4 Å². The Hall–Kier alpha value is -1.48. The molecule has 0 amide bonds. The highest BCUT2D eigenvalue weighted by molar-refractivity contribution is 5.94. The van der Waals surface area contributed by atoms with Gasteiger partial charge in [0.1, 0.15) is 0 Å².